The molecule has 3 rings (SSSR count). The number of anilines is 1. The Balaban J connectivity index is 1.62. The average Bonchev–Trinajstić information content (AvgIpc) is 3.15. The molecular formula is C19H20N4O2. The molecule has 0 spiro atoms. The molecule has 6 nitrogen and oxygen atoms in total. The van der Waals surface area contributed by atoms with E-state index in [4.69, 9.17) is 4.74 Å². The number of amides is 1. The molecule has 0 saturated heterocycles. The van der Waals surface area contributed by atoms with Crippen LogP contribution in [0.25, 0.3) is 5.69 Å². The molecule has 0 radical (unpaired) electrons. The Morgan fingerprint density at radius 1 is 1.16 bits per heavy atom. The molecule has 1 heterocycles. The molecule has 0 saturated carbocycles. The van der Waals surface area contributed by atoms with Crippen LogP contribution >= 0.6 is 0 Å². The summed E-state index contributed by atoms with van der Waals surface area (Å²) in [5.41, 5.74) is 2.63. The lowest BCUT2D eigenvalue weighted by atomic mass is 10.0. The predicted octanol–water partition coefficient (Wildman–Crippen LogP) is 3.41. The summed E-state index contributed by atoms with van der Waals surface area (Å²) in [5.74, 6) is 0.898. The Morgan fingerprint density at radius 2 is 1.92 bits per heavy atom. The van der Waals surface area contributed by atoms with Crippen molar-refractivity contribution < 1.29 is 9.53 Å². The van der Waals surface area contributed by atoms with Crippen molar-refractivity contribution in [1.82, 2.24) is 14.8 Å². The van der Waals surface area contributed by atoms with Crippen molar-refractivity contribution in [3.05, 3.63) is 66.7 Å². The third kappa shape index (κ3) is 4.23. The number of hydrogen-bond acceptors (Lipinski definition) is 4. The summed E-state index contributed by atoms with van der Waals surface area (Å²) in [5, 5.41) is 6.94. The molecule has 0 aliphatic rings. The van der Waals surface area contributed by atoms with E-state index in [0.29, 0.717) is 17.4 Å². The van der Waals surface area contributed by atoms with E-state index in [1.165, 1.54) is 11.9 Å². The predicted molar refractivity (Wildman–Crippen MR) is 96.0 cm³/mol. The molecule has 0 atom stereocenters. The van der Waals surface area contributed by atoms with Gasteiger partial charge in [0.2, 0.25) is 0 Å². The van der Waals surface area contributed by atoms with Gasteiger partial charge in [-0.2, -0.15) is 5.10 Å². The lowest BCUT2D eigenvalue weighted by molar-refractivity contribution is -0.118. The number of aromatic nitrogens is 3. The molecule has 6 heteroatoms. The van der Waals surface area contributed by atoms with E-state index >= 15 is 0 Å². The number of para-hydroxylation sites is 2. The van der Waals surface area contributed by atoms with Crippen LogP contribution in [0.15, 0.2) is 61.2 Å². The number of rotatable bonds is 6. The maximum absolute atomic E-state index is 12.2. The summed E-state index contributed by atoms with van der Waals surface area (Å²) < 4.78 is 7.16. The summed E-state index contributed by atoms with van der Waals surface area (Å²) in [4.78, 5) is 16.1. The largest absolute Gasteiger partial charge is 0.484 e. The molecule has 1 aromatic heterocycles. The topological polar surface area (TPSA) is 69.0 Å². The lowest BCUT2D eigenvalue weighted by Crippen LogP contribution is -2.21. The molecule has 128 valence electrons. The van der Waals surface area contributed by atoms with Crippen molar-refractivity contribution in [3.8, 4) is 11.4 Å². The van der Waals surface area contributed by atoms with E-state index in [2.05, 4.69) is 29.2 Å². The van der Waals surface area contributed by atoms with Gasteiger partial charge < -0.3 is 10.1 Å². The molecule has 2 aromatic carbocycles. The zero-order chi connectivity index (χ0) is 17.6. The Morgan fingerprint density at radius 3 is 2.60 bits per heavy atom. The Hall–Kier alpha value is -3.15. The third-order valence-electron chi connectivity index (χ3n) is 3.76. The smallest absolute Gasteiger partial charge is 0.262 e. The second-order valence-electron chi connectivity index (χ2n) is 5.92. The van der Waals surface area contributed by atoms with Crippen LogP contribution in [-0.4, -0.2) is 27.3 Å². The standard InChI is InChI=1S/C19H20N4O2/c1-14(2)15-7-9-16(10-8-15)25-11-19(24)22-17-5-3-4-6-18(17)23-13-20-12-21-23/h3-10,12-14H,11H2,1-2H3,(H,22,24). The molecule has 1 N–H and O–H groups in total. The maximum Gasteiger partial charge on any atom is 0.262 e. The summed E-state index contributed by atoms with van der Waals surface area (Å²) >= 11 is 0. The van der Waals surface area contributed by atoms with Gasteiger partial charge in [0.05, 0.1) is 11.4 Å². The van der Waals surface area contributed by atoms with E-state index < -0.39 is 0 Å². The number of benzene rings is 2. The lowest BCUT2D eigenvalue weighted by Gasteiger charge is -2.12. The van der Waals surface area contributed by atoms with E-state index in [1.54, 1.807) is 11.0 Å². The maximum atomic E-state index is 12.2. The van der Waals surface area contributed by atoms with Gasteiger partial charge in [-0.3, -0.25) is 4.79 Å². The first-order valence-electron chi connectivity index (χ1n) is 8.10. The molecule has 25 heavy (non-hydrogen) atoms. The second kappa shape index (κ2) is 7.61. The molecule has 1 amide bonds. The van der Waals surface area contributed by atoms with Crippen LogP contribution in [0.5, 0.6) is 5.75 Å². The SMILES string of the molecule is CC(C)c1ccc(OCC(=O)Nc2ccccc2-n2cncn2)cc1. The fourth-order valence-corrected chi connectivity index (χ4v) is 2.40. The highest BCUT2D eigenvalue weighted by atomic mass is 16.5. The van der Waals surface area contributed by atoms with E-state index in [1.807, 2.05) is 48.5 Å². The van der Waals surface area contributed by atoms with Crippen molar-refractivity contribution in [3.63, 3.8) is 0 Å². The molecule has 3 aromatic rings. The van der Waals surface area contributed by atoms with Crippen LogP contribution in [0.4, 0.5) is 5.69 Å². The van der Waals surface area contributed by atoms with E-state index in [9.17, 15) is 4.79 Å². The van der Waals surface area contributed by atoms with Gasteiger partial charge in [-0.15, -0.1) is 0 Å². The van der Waals surface area contributed by atoms with Gasteiger partial charge in [0.25, 0.3) is 5.91 Å². The van der Waals surface area contributed by atoms with Crippen molar-refractivity contribution in [2.45, 2.75) is 19.8 Å². The fourth-order valence-electron chi connectivity index (χ4n) is 2.40. The minimum atomic E-state index is -0.236. The fraction of sp³-hybridized carbons (Fsp3) is 0.211. The van der Waals surface area contributed by atoms with Crippen LogP contribution in [-0.2, 0) is 4.79 Å². The van der Waals surface area contributed by atoms with Gasteiger partial charge in [0, 0.05) is 0 Å². The van der Waals surface area contributed by atoms with Gasteiger partial charge >= 0.3 is 0 Å². The van der Waals surface area contributed by atoms with Crippen molar-refractivity contribution >= 4 is 11.6 Å². The van der Waals surface area contributed by atoms with Crippen molar-refractivity contribution in [2.24, 2.45) is 0 Å². The Bertz CT molecular complexity index is 827. The van der Waals surface area contributed by atoms with Crippen LogP contribution < -0.4 is 10.1 Å². The quantitative estimate of drug-likeness (QED) is 0.749. The summed E-state index contributed by atoms with van der Waals surface area (Å²) in [7, 11) is 0. The molecular weight excluding hydrogens is 316 g/mol. The highest BCUT2D eigenvalue weighted by Crippen LogP contribution is 2.20. The van der Waals surface area contributed by atoms with Crippen LogP contribution in [0.2, 0.25) is 0 Å². The van der Waals surface area contributed by atoms with Gasteiger partial charge in [-0.1, -0.05) is 38.1 Å². The number of nitrogens with one attached hydrogen (secondary N) is 1. The highest BCUT2D eigenvalue weighted by molar-refractivity contribution is 5.93. The first kappa shape index (κ1) is 16.7. The molecule has 0 unspecified atom stereocenters. The zero-order valence-corrected chi connectivity index (χ0v) is 14.2. The third-order valence-corrected chi connectivity index (χ3v) is 3.76. The van der Waals surface area contributed by atoms with Gasteiger partial charge in [0.1, 0.15) is 18.4 Å². The normalized spacial score (nSPS) is 10.7. The Kier molecular flexibility index (Phi) is 5.09. The number of carbonyl (C=O) groups excluding carboxylic acids is 1. The van der Waals surface area contributed by atoms with E-state index in [0.717, 1.165) is 5.69 Å². The molecule has 0 aliphatic carbocycles. The highest BCUT2D eigenvalue weighted by Gasteiger charge is 2.09. The first-order valence-corrected chi connectivity index (χ1v) is 8.10. The van der Waals surface area contributed by atoms with Gasteiger partial charge in [-0.25, -0.2) is 9.67 Å². The minimum Gasteiger partial charge on any atom is -0.484 e. The number of carbonyl (C=O) groups is 1. The van der Waals surface area contributed by atoms with Gasteiger partial charge in [-0.05, 0) is 35.7 Å². The van der Waals surface area contributed by atoms with Crippen molar-refractivity contribution in [1.29, 1.82) is 0 Å². The zero-order valence-electron chi connectivity index (χ0n) is 14.2. The molecule has 0 aliphatic heterocycles. The van der Waals surface area contributed by atoms with Crippen LogP contribution in [0, 0.1) is 0 Å². The number of hydrogen-bond donors (Lipinski definition) is 1. The average molecular weight is 336 g/mol. The number of ether oxygens (including phenoxy) is 1. The minimum absolute atomic E-state index is 0.0628. The summed E-state index contributed by atoms with van der Waals surface area (Å²) in [6.45, 7) is 4.21. The van der Waals surface area contributed by atoms with Crippen molar-refractivity contribution in [2.75, 3.05) is 11.9 Å². The molecule has 0 fully saturated rings. The summed E-state index contributed by atoms with van der Waals surface area (Å²) in [6.07, 6.45) is 3.03. The Labute approximate surface area is 146 Å². The summed E-state index contributed by atoms with van der Waals surface area (Å²) in [6, 6.07) is 15.2. The van der Waals surface area contributed by atoms with Crippen LogP contribution in [0.3, 0.4) is 0 Å². The van der Waals surface area contributed by atoms with E-state index in [-0.39, 0.29) is 12.5 Å². The van der Waals surface area contributed by atoms with Crippen LogP contribution in [0.1, 0.15) is 25.3 Å². The molecule has 0 bridgehead atoms. The second-order valence-corrected chi connectivity index (χ2v) is 5.92. The monoisotopic (exact) mass is 336 g/mol. The van der Waals surface area contributed by atoms with Gasteiger partial charge in [0.15, 0.2) is 6.61 Å². The first-order chi connectivity index (χ1) is 12.1. The number of nitrogens with zero attached hydrogens (tertiary/aromatic N) is 3.